The number of benzene rings is 1. The van der Waals surface area contributed by atoms with Gasteiger partial charge in [0.1, 0.15) is 12.7 Å². The van der Waals surface area contributed by atoms with E-state index in [4.69, 9.17) is 19.4 Å². The van der Waals surface area contributed by atoms with Crippen molar-refractivity contribution in [2.24, 2.45) is 0 Å². The molecule has 0 bridgehead atoms. The van der Waals surface area contributed by atoms with Crippen LogP contribution < -0.4 is 14.7 Å². The maximum Gasteiger partial charge on any atom is 0.163 e. The van der Waals surface area contributed by atoms with Gasteiger partial charge < -0.3 is 24.6 Å². The van der Waals surface area contributed by atoms with Gasteiger partial charge in [0.2, 0.25) is 0 Å². The summed E-state index contributed by atoms with van der Waals surface area (Å²) >= 11 is 0. The molecule has 0 radical (unpaired) electrons. The Bertz CT molecular complexity index is 406. The summed E-state index contributed by atoms with van der Waals surface area (Å²) in [5.74, 6) is 1.01. The summed E-state index contributed by atoms with van der Waals surface area (Å²) in [4.78, 5) is 0. The highest BCUT2D eigenvalue weighted by molar-refractivity contribution is 5.55. The van der Waals surface area contributed by atoms with Crippen LogP contribution in [0.3, 0.4) is 0 Å². The van der Waals surface area contributed by atoms with E-state index in [9.17, 15) is 5.21 Å². The first kappa shape index (κ1) is 13.9. The van der Waals surface area contributed by atoms with Crippen LogP contribution in [0, 0.1) is 5.21 Å². The molecule has 0 aromatic heterocycles. The van der Waals surface area contributed by atoms with Crippen molar-refractivity contribution in [3.8, 4) is 11.5 Å². The minimum Gasteiger partial charge on any atom is -0.733 e. The first-order chi connectivity index (χ1) is 9.20. The molecule has 2 rings (SSSR count). The Morgan fingerprint density at radius 3 is 2.84 bits per heavy atom. The fourth-order valence-corrected chi connectivity index (χ4v) is 1.52. The molecule has 1 atom stereocenters. The third kappa shape index (κ3) is 4.27. The van der Waals surface area contributed by atoms with E-state index in [1.165, 1.54) is 12.1 Å². The second-order valence-corrected chi connectivity index (χ2v) is 4.37. The van der Waals surface area contributed by atoms with Crippen molar-refractivity contribution in [3.63, 3.8) is 0 Å². The molecule has 1 saturated heterocycles. The Kier molecular flexibility index (Phi) is 4.84. The number of ether oxygens (including phenoxy) is 3. The van der Waals surface area contributed by atoms with Crippen molar-refractivity contribution in [1.29, 1.82) is 0 Å². The minimum absolute atomic E-state index is 0.113. The van der Waals surface area contributed by atoms with Gasteiger partial charge in [-0.05, 0) is 18.6 Å². The van der Waals surface area contributed by atoms with Gasteiger partial charge in [-0.15, -0.1) is 0 Å². The number of epoxide rings is 1. The molecule has 6 nitrogen and oxygen atoms in total. The maximum absolute atomic E-state index is 10.9. The van der Waals surface area contributed by atoms with E-state index in [0.29, 0.717) is 24.7 Å². The van der Waals surface area contributed by atoms with Crippen molar-refractivity contribution in [2.75, 3.05) is 25.0 Å². The van der Waals surface area contributed by atoms with Crippen molar-refractivity contribution < 1.29 is 19.4 Å². The first-order valence-electron chi connectivity index (χ1n) is 6.38. The fraction of sp³-hybridized carbons (Fsp3) is 0.538. The van der Waals surface area contributed by atoms with Crippen molar-refractivity contribution in [1.82, 2.24) is 0 Å². The number of hydrogen-bond acceptors (Lipinski definition) is 6. The average Bonchev–Trinajstić information content (AvgIpc) is 3.21. The second kappa shape index (κ2) is 6.60. The van der Waals surface area contributed by atoms with Crippen molar-refractivity contribution >= 4 is 5.69 Å². The number of anilines is 1. The highest BCUT2D eigenvalue weighted by atomic mass is 16.8. The third-order valence-corrected chi connectivity index (χ3v) is 2.73. The zero-order valence-electron chi connectivity index (χ0n) is 10.9. The quantitative estimate of drug-likeness (QED) is 0.443. The van der Waals surface area contributed by atoms with Crippen molar-refractivity contribution in [2.45, 2.75) is 25.9 Å². The molecular weight excluding hydrogens is 250 g/mol. The minimum atomic E-state index is -0.194. The zero-order valence-corrected chi connectivity index (χ0v) is 10.9. The molecule has 19 heavy (non-hydrogen) atoms. The summed E-state index contributed by atoms with van der Waals surface area (Å²) in [5.41, 5.74) is 0.113. The van der Waals surface area contributed by atoms with Crippen molar-refractivity contribution in [3.05, 3.63) is 23.4 Å². The van der Waals surface area contributed by atoms with Gasteiger partial charge in [-0.25, -0.2) is 0 Å². The first-order valence-corrected chi connectivity index (χ1v) is 6.38. The van der Waals surface area contributed by atoms with Gasteiger partial charge in [0, 0.05) is 6.07 Å². The van der Waals surface area contributed by atoms with Gasteiger partial charge >= 0.3 is 0 Å². The standard InChI is InChI=1S/C13H18NO5/c1-2-3-6-17-13-7-10(14(15)16)4-5-12(13)19-9-11-8-18-11/h4-5,7,11,15H,2-3,6,8-9H2,1H3/q-1. The van der Waals surface area contributed by atoms with Gasteiger partial charge in [0.25, 0.3) is 0 Å². The molecule has 0 amide bonds. The highest BCUT2D eigenvalue weighted by Crippen LogP contribution is 2.32. The summed E-state index contributed by atoms with van der Waals surface area (Å²) in [5, 5.41) is 19.6. The van der Waals surface area contributed by atoms with Crippen LogP contribution in [-0.4, -0.2) is 31.1 Å². The molecule has 1 aliphatic rings. The highest BCUT2D eigenvalue weighted by Gasteiger charge is 2.23. The molecule has 0 spiro atoms. The van der Waals surface area contributed by atoms with Gasteiger partial charge in [-0.1, -0.05) is 13.3 Å². The second-order valence-electron chi connectivity index (χ2n) is 4.37. The lowest BCUT2D eigenvalue weighted by molar-refractivity contribution is 0.239. The molecule has 1 heterocycles. The summed E-state index contributed by atoms with van der Waals surface area (Å²) in [6, 6.07) is 4.55. The Morgan fingerprint density at radius 1 is 1.42 bits per heavy atom. The van der Waals surface area contributed by atoms with Gasteiger partial charge in [-0.2, -0.15) is 0 Å². The molecule has 1 aromatic rings. The smallest absolute Gasteiger partial charge is 0.163 e. The fourth-order valence-electron chi connectivity index (χ4n) is 1.52. The van der Waals surface area contributed by atoms with E-state index in [0.717, 1.165) is 19.4 Å². The SMILES string of the molecule is CCCCOc1cc(N([O-])O)ccc1OCC1CO1. The van der Waals surface area contributed by atoms with E-state index < -0.39 is 0 Å². The maximum atomic E-state index is 10.9. The molecule has 1 aromatic carbocycles. The van der Waals surface area contributed by atoms with Crippen LogP contribution in [0.15, 0.2) is 18.2 Å². The van der Waals surface area contributed by atoms with Crippen LogP contribution >= 0.6 is 0 Å². The molecule has 6 heteroatoms. The average molecular weight is 268 g/mol. The van der Waals surface area contributed by atoms with E-state index in [-0.39, 0.29) is 17.0 Å². The third-order valence-electron chi connectivity index (χ3n) is 2.73. The Morgan fingerprint density at radius 2 is 2.21 bits per heavy atom. The number of rotatable bonds is 8. The normalized spacial score (nSPS) is 17.1. The predicted molar refractivity (Wildman–Crippen MR) is 69.7 cm³/mol. The van der Waals surface area contributed by atoms with Gasteiger partial charge in [0.05, 0.1) is 18.9 Å². The summed E-state index contributed by atoms with van der Waals surface area (Å²) < 4.78 is 16.2. The Labute approximate surface area is 112 Å². The van der Waals surface area contributed by atoms with Crippen LogP contribution in [0.5, 0.6) is 11.5 Å². The lowest BCUT2D eigenvalue weighted by Crippen LogP contribution is -2.09. The predicted octanol–water partition coefficient (Wildman–Crippen LogP) is 2.34. The monoisotopic (exact) mass is 268 g/mol. The van der Waals surface area contributed by atoms with Crippen LogP contribution in [0.2, 0.25) is 0 Å². The van der Waals surface area contributed by atoms with Crippen LogP contribution in [-0.2, 0) is 4.74 Å². The molecule has 0 saturated carbocycles. The Hall–Kier alpha value is -1.50. The number of nitrogens with zero attached hydrogens (tertiary/aromatic N) is 1. The topological polar surface area (TPSA) is 77.5 Å². The van der Waals surface area contributed by atoms with Crippen LogP contribution in [0.1, 0.15) is 19.8 Å². The molecule has 0 aliphatic carbocycles. The lowest BCUT2D eigenvalue weighted by Gasteiger charge is -2.23. The zero-order chi connectivity index (χ0) is 13.7. The molecule has 1 N–H and O–H groups in total. The van der Waals surface area contributed by atoms with E-state index in [1.807, 2.05) is 0 Å². The molecule has 1 unspecified atom stereocenters. The van der Waals surface area contributed by atoms with E-state index in [1.54, 1.807) is 6.07 Å². The van der Waals surface area contributed by atoms with Gasteiger partial charge in [0.15, 0.2) is 11.5 Å². The summed E-state index contributed by atoms with van der Waals surface area (Å²) in [7, 11) is 0. The molecule has 106 valence electrons. The molecular formula is C13H18NO5-. The summed E-state index contributed by atoms with van der Waals surface area (Å²) in [6.45, 7) is 3.79. The number of hydrogen-bond donors (Lipinski definition) is 1. The van der Waals surface area contributed by atoms with Crippen LogP contribution in [0.4, 0.5) is 5.69 Å². The molecule has 1 aliphatic heterocycles. The van der Waals surface area contributed by atoms with E-state index in [2.05, 4.69) is 6.92 Å². The Balaban J connectivity index is 2.04. The number of unbranched alkanes of at least 4 members (excludes halogenated alkanes) is 1. The summed E-state index contributed by atoms with van der Waals surface area (Å²) in [6.07, 6.45) is 2.08. The molecule has 1 fully saturated rings. The largest absolute Gasteiger partial charge is 0.733 e. The lowest BCUT2D eigenvalue weighted by atomic mass is 10.2. The van der Waals surface area contributed by atoms with E-state index >= 15 is 0 Å². The van der Waals surface area contributed by atoms with Gasteiger partial charge in [-0.3, -0.25) is 5.21 Å². The van der Waals surface area contributed by atoms with Crippen LogP contribution in [0.25, 0.3) is 0 Å².